The minimum atomic E-state index is -0.175. The molecule has 0 unspecified atom stereocenters. The SMILES string of the molecule is C[C@@H](Sc1ccccc1)C(=O)NCc1ccc(-c2nc3ccccc3s2)o1. The zero-order valence-corrected chi connectivity index (χ0v) is 16.3. The van der Waals surface area contributed by atoms with Gasteiger partial charge in [0, 0.05) is 4.90 Å². The van der Waals surface area contributed by atoms with E-state index in [0.717, 1.165) is 31.6 Å². The highest BCUT2D eigenvalue weighted by molar-refractivity contribution is 8.00. The number of thiazole rings is 1. The van der Waals surface area contributed by atoms with Gasteiger partial charge in [0.25, 0.3) is 0 Å². The molecule has 0 saturated carbocycles. The van der Waals surface area contributed by atoms with Gasteiger partial charge in [-0.1, -0.05) is 30.3 Å². The maximum absolute atomic E-state index is 12.3. The summed E-state index contributed by atoms with van der Waals surface area (Å²) in [6, 6.07) is 21.7. The van der Waals surface area contributed by atoms with E-state index in [4.69, 9.17) is 4.42 Å². The molecular weight excluding hydrogens is 376 g/mol. The standard InChI is InChI=1S/C21H18N2O2S2/c1-14(26-16-7-3-2-4-8-16)20(24)22-13-15-11-12-18(25-15)21-23-17-9-5-6-10-19(17)27-21/h2-12,14H,13H2,1H3,(H,22,24)/t14-/m1/s1. The topological polar surface area (TPSA) is 55.1 Å². The van der Waals surface area contributed by atoms with Crippen molar-refractivity contribution in [3.05, 3.63) is 72.5 Å². The van der Waals surface area contributed by atoms with Gasteiger partial charge >= 0.3 is 0 Å². The van der Waals surface area contributed by atoms with Gasteiger partial charge in [-0.15, -0.1) is 23.1 Å². The number of amides is 1. The Bertz CT molecular complexity index is 1020. The lowest BCUT2D eigenvalue weighted by molar-refractivity contribution is -0.120. The molecule has 1 atom stereocenters. The van der Waals surface area contributed by atoms with E-state index in [9.17, 15) is 4.79 Å². The van der Waals surface area contributed by atoms with E-state index in [1.165, 1.54) is 0 Å². The van der Waals surface area contributed by atoms with Gasteiger partial charge < -0.3 is 9.73 Å². The molecule has 1 N–H and O–H groups in total. The number of benzene rings is 2. The largest absolute Gasteiger partial charge is 0.457 e. The average molecular weight is 395 g/mol. The number of fused-ring (bicyclic) bond motifs is 1. The highest BCUT2D eigenvalue weighted by Gasteiger charge is 2.15. The fourth-order valence-corrected chi connectivity index (χ4v) is 4.48. The number of para-hydroxylation sites is 1. The van der Waals surface area contributed by atoms with Crippen molar-refractivity contribution >= 4 is 39.2 Å². The fraction of sp³-hybridized carbons (Fsp3) is 0.143. The van der Waals surface area contributed by atoms with Gasteiger partial charge in [-0.05, 0) is 43.3 Å². The van der Waals surface area contributed by atoms with Crippen molar-refractivity contribution < 1.29 is 9.21 Å². The summed E-state index contributed by atoms with van der Waals surface area (Å²) in [6.45, 7) is 2.27. The molecule has 2 heterocycles. The van der Waals surface area contributed by atoms with Crippen LogP contribution in [0.4, 0.5) is 0 Å². The Balaban J connectivity index is 1.37. The van der Waals surface area contributed by atoms with Crippen molar-refractivity contribution in [3.63, 3.8) is 0 Å². The molecule has 0 aliphatic heterocycles. The van der Waals surface area contributed by atoms with Gasteiger partial charge in [0.05, 0.1) is 22.0 Å². The van der Waals surface area contributed by atoms with Crippen LogP contribution in [0.1, 0.15) is 12.7 Å². The third-order valence-corrected chi connectivity index (χ3v) is 6.19. The third kappa shape index (κ3) is 4.23. The predicted octanol–water partition coefficient (Wildman–Crippen LogP) is 5.35. The summed E-state index contributed by atoms with van der Waals surface area (Å²) in [4.78, 5) is 18.0. The molecule has 1 amide bonds. The van der Waals surface area contributed by atoms with Crippen LogP contribution in [-0.4, -0.2) is 16.1 Å². The molecular formula is C21H18N2O2S2. The van der Waals surface area contributed by atoms with E-state index in [1.807, 2.05) is 73.7 Å². The van der Waals surface area contributed by atoms with Crippen LogP contribution in [0.3, 0.4) is 0 Å². The van der Waals surface area contributed by atoms with E-state index >= 15 is 0 Å². The molecule has 0 saturated heterocycles. The molecule has 0 spiro atoms. The zero-order valence-electron chi connectivity index (χ0n) is 14.7. The van der Waals surface area contributed by atoms with Crippen LogP contribution in [0.2, 0.25) is 0 Å². The Morgan fingerprint density at radius 1 is 1.11 bits per heavy atom. The Morgan fingerprint density at radius 2 is 1.89 bits per heavy atom. The van der Waals surface area contributed by atoms with Gasteiger partial charge in [0.2, 0.25) is 5.91 Å². The van der Waals surface area contributed by atoms with E-state index in [-0.39, 0.29) is 11.2 Å². The summed E-state index contributed by atoms with van der Waals surface area (Å²) in [7, 11) is 0. The van der Waals surface area contributed by atoms with Gasteiger partial charge in [0.1, 0.15) is 5.76 Å². The minimum Gasteiger partial charge on any atom is -0.457 e. The third-order valence-electron chi connectivity index (χ3n) is 4.03. The molecule has 6 heteroatoms. The highest BCUT2D eigenvalue weighted by Crippen LogP contribution is 2.31. The number of carbonyl (C=O) groups excluding carboxylic acids is 1. The second kappa shape index (κ2) is 7.98. The molecule has 0 radical (unpaired) electrons. The maximum atomic E-state index is 12.3. The Labute approximate surface area is 165 Å². The first-order chi connectivity index (χ1) is 13.2. The predicted molar refractivity (Wildman–Crippen MR) is 111 cm³/mol. The van der Waals surface area contributed by atoms with Crippen LogP contribution < -0.4 is 5.32 Å². The molecule has 136 valence electrons. The number of nitrogens with zero attached hydrogens (tertiary/aromatic N) is 1. The van der Waals surface area contributed by atoms with Crippen LogP contribution in [0.25, 0.3) is 21.0 Å². The molecule has 4 nitrogen and oxygen atoms in total. The summed E-state index contributed by atoms with van der Waals surface area (Å²) in [5, 5.41) is 3.61. The van der Waals surface area contributed by atoms with Crippen molar-refractivity contribution in [2.45, 2.75) is 23.6 Å². The monoisotopic (exact) mass is 394 g/mol. The molecule has 2 aromatic carbocycles. The summed E-state index contributed by atoms with van der Waals surface area (Å²) in [5.41, 5.74) is 0.968. The fourth-order valence-electron chi connectivity index (χ4n) is 2.64. The number of carbonyl (C=O) groups is 1. The van der Waals surface area contributed by atoms with Gasteiger partial charge in [-0.25, -0.2) is 4.98 Å². The first-order valence-corrected chi connectivity index (χ1v) is 10.3. The number of hydrogen-bond acceptors (Lipinski definition) is 5. The molecule has 0 bridgehead atoms. The van der Waals surface area contributed by atoms with Gasteiger partial charge in [-0.3, -0.25) is 4.79 Å². The molecule has 27 heavy (non-hydrogen) atoms. The molecule has 4 aromatic rings. The van der Waals surface area contributed by atoms with E-state index in [2.05, 4.69) is 10.3 Å². The molecule has 2 aromatic heterocycles. The van der Waals surface area contributed by atoms with E-state index < -0.39 is 0 Å². The van der Waals surface area contributed by atoms with Crippen LogP contribution in [0, 0.1) is 0 Å². The van der Waals surface area contributed by atoms with Crippen molar-refractivity contribution in [2.75, 3.05) is 0 Å². The minimum absolute atomic E-state index is 0.0122. The van der Waals surface area contributed by atoms with Crippen LogP contribution in [0.15, 0.2) is 76.0 Å². The molecule has 4 rings (SSSR count). The van der Waals surface area contributed by atoms with Crippen molar-refractivity contribution in [2.24, 2.45) is 0 Å². The number of aromatic nitrogens is 1. The van der Waals surface area contributed by atoms with Crippen LogP contribution in [0.5, 0.6) is 0 Å². The number of nitrogens with one attached hydrogen (secondary N) is 1. The summed E-state index contributed by atoms with van der Waals surface area (Å²) < 4.78 is 7.00. The Morgan fingerprint density at radius 3 is 2.70 bits per heavy atom. The second-order valence-corrected chi connectivity index (χ2v) is 8.49. The summed E-state index contributed by atoms with van der Waals surface area (Å²) in [5.74, 6) is 1.43. The van der Waals surface area contributed by atoms with Crippen LogP contribution >= 0.6 is 23.1 Å². The molecule has 0 aliphatic carbocycles. The zero-order chi connectivity index (χ0) is 18.6. The smallest absolute Gasteiger partial charge is 0.233 e. The quantitative estimate of drug-likeness (QED) is 0.448. The van der Waals surface area contributed by atoms with Crippen molar-refractivity contribution in [3.8, 4) is 10.8 Å². The lowest BCUT2D eigenvalue weighted by atomic mass is 10.3. The first kappa shape index (κ1) is 17.8. The maximum Gasteiger partial charge on any atom is 0.233 e. The summed E-state index contributed by atoms with van der Waals surface area (Å²) >= 11 is 3.14. The number of thioether (sulfide) groups is 1. The molecule has 0 fully saturated rings. The van der Waals surface area contributed by atoms with Crippen molar-refractivity contribution in [1.82, 2.24) is 10.3 Å². The second-order valence-electron chi connectivity index (χ2n) is 6.04. The van der Waals surface area contributed by atoms with Gasteiger partial charge in [-0.2, -0.15) is 0 Å². The van der Waals surface area contributed by atoms with Crippen LogP contribution in [-0.2, 0) is 11.3 Å². The van der Waals surface area contributed by atoms with Crippen molar-refractivity contribution in [1.29, 1.82) is 0 Å². The number of hydrogen-bond donors (Lipinski definition) is 1. The average Bonchev–Trinajstić information content (AvgIpc) is 3.33. The highest BCUT2D eigenvalue weighted by atomic mass is 32.2. The lowest BCUT2D eigenvalue weighted by Crippen LogP contribution is -2.30. The Hall–Kier alpha value is -2.57. The summed E-state index contributed by atoms with van der Waals surface area (Å²) in [6.07, 6.45) is 0. The van der Waals surface area contributed by atoms with E-state index in [1.54, 1.807) is 23.1 Å². The number of rotatable bonds is 6. The normalized spacial score (nSPS) is 12.2. The molecule has 0 aliphatic rings. The Kier molecular flexibility index (Phi) is 5.27. The van der Waals surface area contributed by atoms with Gasteiger partial charge in [0.15, 0.2) is 10.8 Å². The van der Waals surface area contributed by atoms with E-state index in [0.29, 0.717) is 6.54 Å². The lowest BCUT2D eigenvalue weighted by Gasteiger charge is -2.11. The first-order valence-electron chi connectivity index (χ1n) is 8.63. The number of furan rings is 1.